The van der Waals surface area contributed by atoms with Crippen LogP contribution < -0.4 is 16.0 Å². The standard InChI is InChI=1S/C12H16F3N7/c1-6-4-21(5-7(2)18-6)11-19-9(16)10-17-3-8(12(13,14)15)22(10)20-11/h3,6-7,18H,4-5H2,1-2H3,(H2,16,19,20)/t6-,7+. The number of rotatable bonds is 1. The molecule has 0 bridgehead atoms. The van der Waals surface area contributed by atoms with Gasteiger partial charge in [0.25, 0.3) is 0 Å². The van der Waals surface area contributed by atoms with Crippen molar-refractivity contribution in [3.05, 3.63) is 11.9 Å². The van der Waals surface area contributed by atoms with E-state index in [0.717, 1.165) is 4.52 Å². The summed E-state index contributed by atoms with van der Waals surface area (Å²) in [7, 11) is 0. The van der Waals surface area contributed by atoms with Crippen LogP contribution in [0.15, 0.2) is 6.20 Å². The van der Waals surface area contributed by atoms with Gasteiger partial charge in [0.15, 0.2) is 17.2 Å². The van der Waals surface area contributed by atoms with Crippen LogP contribution in [-0.2, 0) is 6.18 Å². The van der Waals surface area contributed by atoms with Crippen LogP contribution in [0.5, 0.6) is 0 Å². The molecule has 3 heterocycles. The number of nitrogens with one attached hydrogen (secondary N) is 1. The van der Waals surface area contributed by atoms with E-state index in [2.05, 4.69) is 20.4 Å². The molecule has 1 aliphatic heterocycles. The lowest BCUT2D eigenvalue weighted by Crippen LogP contribution is -2.54. The second-order valence-electron chi connectivity index (χ2n) is 5.55. The molecule has 22 heavy (non-hydrogen) atoms. The van der Waals surface area contributed by atoms with Gasteiger partial charge >= 0.3 is 6.18 Å². The number of fused-ring (bicyclic) bond motifs is 1. The summed E-state index contributed by atoms with van der Waals surface area (Å²) in [6, 6.07) is 0.350. The van der Waals surface area contributed by atoms with Gasteiger partial charge in [0.1, 0.15) is 0 Å². The van der Waals surface area contributed by atoms with E-state index in [-0.39, 0.29) is 29.5 Å². The number of nitrogens with two attached hydrogens (primary N) is 1. The number of nitrogens with zero attached hydrogens (tertiary/aromatic N) is 5. The Kier molecular flexibility index (Phi) is 3.35. The molecular formula is C12H16F3N7. The number of piperazine rings is 1. The lowest BCUT2D eigenvalue weighted by molar-refractivity contribution is -0.142. The number of hydrogen-bond donors (Lipinski definition) is 2. The first kappa shape index (κ1) is 14.8. The third-order valence-corrected chi connectivity index (χ3v) is 3.51. The van der Waals surface area contributed by atoms with Crippen molar-refractivity contribution < 1.29 is 13.2 Å². The lowest BCUT2D eigenvalue weighted by Gasteiger charge is -2.36. The van der Waals surface area contributed by atoms with Gasteiger partial charge in [-0.15, -0.1) is 5.10 Å². The van der Waals surface area contributed by atoms with Crippen molar-refractivity contribution in [3.63, 3.8) is 0 Å². The van der Waals surface area contributed by atoms with Gasteiger partial charge in [-0.1, -0.05) is 0 Å². The molecule has 120 valence electrons. The van der Waals surface area contributed by atoms with Gasteiger partial charge in [-0.2, -0.15) is 18.2 Å². The highest BCUT2D eigenvalue weighted by atomic mass is 19.4. The first-order valence-electron chi connectivity index (χ1n) is 6.85. The SMILES string of the molecule is C[C@@H]1CN(c2nc(N)c3ncc(C(F)(F)F)n3n2)C[C@H](C)N1. The second kappa shape index (κ2) is 4.97. The molecule has 1 saturated heterocycles. The highest BCUT2D eigenvalue weighted by molar-refractivity contribution is 5.61. The van der Waals surface area contributed by atoms with Gasteiger partial charge in [0, 0.05) is 25.2 Å². The summed E-state index contributed by atoms with van der Waals surface area (Å²) < 4.78 is 39.7. The van der Waals surface area contributed by atoms with Crippen molar-refractivity contribution in [1.82, 2.24) is 24.9 Å². The number of anilines is 2. The van der Waals surface area contributed by atoms with Crippen LogP contribution in [-0.4, -0.2) is 44.8 Å². The Bertz CT molecular complexity index is 686. The summed E-state index contributed by atoms with van der Waals surface area (Å²) in [5.74, 6) is 0.105. The summed E-state index contributed by atoms with van der Waals surface area (Å²) in [5, 5.41) is 7.33. The van der Waals surface area contributed by atoms with Crippen molar-refractivity contribution in [3.8, 4) is 0 Å². The molecule has 0 spiro atoms. The average molecular weight is 315 g/mol. The Labute approximate surface area is 124 Å². The molecule has 0 aliphatic carbocycles. The highest BCUT2D eigenvalue weighted by Crippen LogP contribution is 2.30. The zero-order valence-electron chi connectivity index (χ0n) is 12.1. The molecule has 1 fully saturated rings. The van der Waals surface area contributed by atoms with E-state index < -0.39 is 11.9 Å². The van der Waals surface area contributed by atoms with E-state index in [1.165, 1.54) is 0 Å². The molecular weight excluding hydrogens is 299 g/mol. The fourth-order valence-electron chi connectivity index (χ4n) is 2.71. The maximum Gasteiger partial charge on any atom is 0.435 e. The Morgan fingerprint density at radius 2 is 1.91 bits per heavy atom. The molecule has 0 aromatic carbocycles. The van der Waals surface area contributed by atoms with E-state index in [1.807, 2.05) is 18.7 Å². The molecule has 10 heteroatoms. The molecule has 0 radical (unpaired) electrons. The van der Waals surface area contributed by atoms with Crippen molar-refractivity contribution >= 4 is 17.4 Å². The lowest BCUT2D eigenvalue weighted by atomic mass is 10.1. The Hall–Kier alpha value is -2.10. The molecule has 0 unspecified atom stereocenters. The molecule has 0 amide bonds. The predicted octanol–water partition coefficient (Wildman–Crippen LogP) is 0.912. The van der Waals surface area contributed by atoms with Gasteiger partial charge in [0.05, 0.1) is 6.20 Å². The van der Waals surface area contributed by atoms with Crippen LogP contribution in [0.2, 0.25) is 0 Å². The predicted molar refractivity (Wildman–Crippen MR) is 74.5 cm³/mol. The molecule has 3 N–H and O–H groups in total. The third-order valence-electron chi connectivity index (χ3n) is 3.51. The first-order chi connectivity index (χ1) is 10.3. The van der Waals surface area contributed by atoms with Gasteiger partial charge in [0.2, 0.25) is 5.95 Å². The smallest absolute Gasteiger partial charge is 0.380 e. The minimum absolute atomic E-state index is 0.0701. The average Bonchev–Trinajstić information content (AvgIpc) is 2.81. The number of alkyl halides is 3. The normalized spacial score (nSPS) is 23.2. The Morgan fingerprint density at radius 3 is 2.50 bits per heavy atom. The van der Waals surface area contributed by atoms with Crippen molar-refractivity contribution in [2.24, 2.45) is 0 Å². The number of aromatic nitrogens is 4. The molecule has 1 aliphatic rings. The Morgan fingerprint density at radius 1 is 1.27 bits per heavy atom. The van der Waals surface area contributed by atoms with E-state index in [9.17, 15) is 13.2 Å². The van der Waals surface area contributed by atoms with Gasteiger partial charge in [-0.3, -0.25) is 0 Å². The monoisotopic (exact) mass is 315 g/mol. The molecule has 2 atom stereocenters. The third kappa shape index (κ3) is 2.54. The number of imidazole rings is 1. The van der Waals surface area contributed by atoms with E-state index >= 15 is 0 Å². The number of hydrogen-bond acceptors (Lipinski definition) is 6. The van der Waals surface area contributed by atoms with Crippen LogP contribution >= 0.6 is 0 Å². The van der Waals surface area contributed by atoms with Crippen LogP contribution in [0.3, 0.4) is 0 Å². The summed E-state index contributed by atoms with van der Waals surface area (Å²) >= 11 is 0. The zero-order valence-corrected chi connectivity index (χ0v) is 12.1. The van der Waals surface area contributed by atoms with Crippen molar-refractivity contribution in [1.29, 1.82) is 0 Å². The van der Waals surface area contributed by atoms with Crippen LogP contribution in [0.4, 0.5) is 24.9 Å². The maximum atomic E-state index is 13.0. The van der Waals surface area contributed by atoms with Gasteiger partial charge < -0.3 is 16.0 Å². The molecule has 7 nitrogen and oxygen atoms in total. The topological polar surface area (TPSA) is 84.4 Å². The van der Waals surface area contributed by atoms with Crippen molar-refractivity contribution in [2.75, 3.05) is 23.7 Å². The Balaban J connectivity index is 2.07. The fourth-order valence-corrected chi connectivity index (χ4v) is 2.71. The minimum Gasteiger partial charge on any atom is -0.380 e. The van der Waals surface area contributed by atoms with E-state index in [4.69, 9.17) is 5.73 Å². The number of nitrogen functional groups attached to an aromatic ring is 1. The molecule has 3 rings (SSSR count). The van der Waals surface area contributed by atoms with E-state index in [1.54, 1.807) is 0 Å². The largest absolute Gasteiger partial charge is 0.435 e. The van der Waals surface area contributed by atoms with Gasteiger partial charge in [-0.05, 0) is 13.8 Å². The zero-order chi connectivity index (χ0) is 16.1. The maximum absolute atomic E-state index is 13.0. The summed E-state index contributed by atoms with van der Waals surface area (Å²) in [6.07, 6.45) is -3.84. The quantitative estimate of drug-likeness (QED) is 0.814. The van der Waals surface area contributed by atoms with Crippen LogP contribution in [0.1, 0.15) is 19.5 Å². The summed E-state index contributed by atoms with van der Waals surface area (Å²) in [6.45, 7) is 5.16. The van der Waals surface area contributed by atoms with E-state index in [0.29, 0.717) is 19.3 Å². The van der Waals surface area contributed by atoms with Gasteiger partial charge in [-0.25, -0.2) is 9.50 Å². The molecule has 2 aromatic heterocycles. The highest BCUT2D eigenvalue weighted by Gasteiger charge is 2.36. The first-order valence-corrected chi connectivity index (χ1v) is 6.85. The minimum atomic E-state index is -4.55. The van der Waals surface area contributed by atoms with Crippen LogP contribution in [0.25, 0.3) is 5.65 Å². The summed E-state index contributed by atoms with van der Waals surface area (Å²) in [5.41, 5.74) is 4.69. The fraction of sp³-hybridized carbons (Fsp3) is 0.583. The van der Waals surface area contributed by atoms with Crippen LogP contribution in [0, 0.1) is 0 Å². The molecule has 0 saturated carbocycles. The number of halogens is 3. The summed E-state index contributed by atoms with van der Waals surface area (Å²) in [4.78, 5) is 9.59. The second-order valence-corrected chi connectivity index (χ2v) is 5.55. The van der Waals surface area contributed by atoms with Crippen molar-refractivity contribution in [2.45, 2.75) is 32.1 Å². The molecule has 2 aromatic rings.